The van der Waals surface area contributed by atoms with Gasteiger partial charge in [0.05, 0.1) is 11.3 Å². The van der Waals surface area contributed by atoms with E-state index in [1.54, 1.807) is 6.92 Å². The molecule has 1 aromatic carbocycles. The molecule has 7 heteroatoms. The maximum absolute atomic E-state index is 13.6. The zero-order valence-electron chi connectivity index (χ0n) is 11.4. The van der Waals surface area contributed by atoms with E-state index in [4.69, 9.17) is 0 Å². The van der Waals surface area contributed by atoms with Gasteiger partial charge in [0.25, 0.3) is 0 Å². The van der Waals surface area contributed by atoms with Crippen molar-refractivity contribution in [2.45, 2.75) is 20.0 Å². The molecule has 0 unspecified atom stereocenters. The minimum Gasteiger partial charge on any atom is -0.370 e. The smallest absolute Gasteiger partial charge is 0.370 e. The summed E-state index contributed by atoms with van der Waals surface area (Å²) in [6.45, 7) is 4.25. The number of nitrogens with one attached hydrogen (secondary N) is 1. The number of hydrogen-bond donors (Lipinski definition) is 1. The maximum atomic E-state index is 13.6. The Balaban J connectivity index is 2.49. The van der Waals surface area contributed by atoms with Gasteiger partial charge in [-0.05, 0) is 26.0 Å². The molecule has 0 radical (unpaired) electrons. The van der Waals surface area contributed by atoms with Crippen LogP contribution in [0.5, 0.6) is 0 Å². The molecule has 21 heavy (non-hydrogen) atoms. The molecule has 1 aromatic heterocycles. The Morgan fingerprint density at radius 3 is 2.48 bits per heavy atom. The van der Waals surface area contributed by atoms with Gasteiger partial charge in [0.2, 0.25) is 0 Å². The third-order valence-corrected chi connectivity index (χ3v) is 2.98. The molecule has 0 bridgehead atoms. The minimum atomic E-state index is -4.71. The first-order valence-corrected chi connectivity index (χ1v) is 6.27. The summed E-state index contributed by atoms with van der Waals surface area (Å²) in [6.07, 6.45) is -3.42. The third kappa shape index (κ3) is 3.12. The number of halogens is 4. The molecule has 0 amide bonds. The Labute approximate surface area is 119 Å². The first-order valence-electron chi connectivity index (χ1n) is 6.27. The van der Waals surface area contributed by atoms with E-state index in [0.29, 0.717) is 23.6 Å². The van der Waals surface area contributed by atoms with Crippen molar-refractivity contribution in [1.82, 2.24) is 9.97 Å². The fourth-order valence-corrected chi connectivity index (χ4v) is 1.98. The van der Waals surface area contributed by atoms with Crippen molar-refractivity contribution in [2.75, 3.05) is 11.9 Å². The molecule has 2 aromatic rings. The molecule has 0 aliphatic heterocycles. The van der Waals surface area contributed by atoms with Crippen molar-refractivity contribution in [3.8, 4) is 11.3 Å². The summed E-state index contributed by atoms with van der Waals surface area (Å²) in [4.78, 5) is 8.06. The van der Waals surface area contributed by atoms with E-state index in [1.165, 1.54) is 12.4 Å². The zero-order chi connectivity index (χ0) is 15.6. The summed E-state index contributed by atoms with van der Waals surface area (Å²) in [5, 5.41) is 3.01. The van der Waals surface area contributed by atoms with Crippen molar-refractivity contribution >= 4 is 5.82 Å². The van der Waals surface area contributed by atoms with Crippen LogP contribution >= 0.6 is 0 Å². The van der Waals surface area contributed by atoms with E-state index < -0.39 is 17.6 Å². The van der Waals surface area contributed by atoms with Gasteiger partial charge in [-0.25, -0.2) is 14.4 Å². The van der Waals surface area contributed by atoms with Crippen LogP contribution in [0.15, 0.2) is 24.5 Å². The van der Waals surface area contributed by atoms with E-state index in [9.17, 15) is 17.6 Å². The quantitative estimate of drug-likeness (QED) is 0.869. The van der Waals surface area contributed by atoms with Crippen LogP contribution in [-0.2, 0) is 6.18 Å². The zero-order valence-corrected chi connectivity index (χ0v) is 11.4. The highest BCUT2D eigenvalue weighted by Crippen LogP contribution is 2.34. The first-order chi connectivity index (χ1) is 9.84. The summed E-state index contributed by atoms with van der Waals surface area (Å²) < 4.78 is 51.3. The van der Waals surface area contributed by atoms with Gasteiger partial charge < -0.3 is 5.32 Å². The van der Waals surface area contributed by atoms with Gasteiger partial charge >= 0.3 is 6.18 Å². The van der Waals surface area contributed by atoms with Crippen LogP contribution in [0.2, 0.25) is 0 Å². The Kier molecular flexibility index (Phi) is 4.11. The standard InChI is InChI=1S/C14H13F4N3/c1-3-19-13-8(2)12(20-7-21-13)9-4-5-10(11(15)6-9)14(16,17)18/h4-7H,3H2,1-2H3,(H,19,20,21). The van der Waals surface area contributed by atoms with E-state index in [-0.39, 0.29) is 5.56 Å². The number of alkyl halides is 3. The number of hydrogen-bond acceptors (Lipinski definition) is 3. The number of benzene rings is 1. The van der Waals surface area contributed by atoms with E-state index in [1.807, 2.05) is 6.92 Å². The predicted molar refractivity (Wildman–Crippen MR) is 71.3 cm³/mol. The molecule has 0 aliphatic rings. The number of rotatable bonds is 3. The Hall–Kier alpha value is -2.18. The Morgan fingerprint density at radius 2 is 1.90 bits per heavy atom. The fraction of sp³-hybridized carbons (Fsp3) is 0.286. The van der Waals surface area contributed by atoms with Crippen molar-refractivity contribution in [1.29, 1.82) is 0 Å². The van der Waals surface area contributed by atoms with Crippen molar-refractivity contribution in [3.63, 3.8) is 0 Å². The Bertz CT molecular complexity index is 653. The lowest BCUT2D eigenvalue weighted by Crippen LogP contribution is -2.08. The fourth-order valence-electron chi connectivity index (χ4n) is 1.98. The molecule has 112 valence electrons. The summed E-state index contributed by atoms with van der Waals surface area (Å²) in [7, 11) is 0. The molecule has 0 spiro atoms. The normalized spacial score (nSPS) is 11.5. The largest absolute Gasteiger partial charge is 0.419 e. The summed E-state index contributed by atoms with van der Waals surface area (Å²) in [6, 6.07) is 2.77. The monoisotopic (exact) mass is 299 g/mol. The van der Waals surface area contributed by atoms with Gasteiger partial charge in [0, 0.05) is 17.7 Å². The lowest BCUT2D eigenvalue weighted by Gasteiger charge is -2.12. The SMILES string of the molecule is CCNc1ncnc(-c2ccc(C(F)(F)F)c(F)c2)c1C. The van der Waals surface area contributed by atoms with Gasteiger partial charge in [-0.3, -0.25) is 0 Å². The maximum Gasteiger partial charge on any atom is 0.419 e. The number of nitrogens with zero attached hydrogens (tertiary/aromatic N) is 2. The van der Waals surface area contributed by atoms with Crippen molar-refractivity contribution in [3.05, 3.63) is 41.5 Å². The molecule has 1 heterocycles. The summed E-state index contributed by atoms with van der Waals surface area (Å²) >= 11 is 0. The van der Waals surface area contributed by atoms with Gasteiger partial charge in [-0.15, -0.1) is 0 Å². The van der Waals surface area contributed by atoms with Gasteiger partial charge in [-0.2, -0.15) is 13.2 Å². The highest BCUT2D eigenvalue weighted by molar-refractivity contribution is 5.68. The van der Waals surface area contributed by atoms with Gasteiger partial charge in [-0.1, -0.05) is 6.07 Å². The van der Waals surface area contributed by atoms with Crippen LogP contribution in [0.4, 0.5) is 23.4 Å². The van der Waals surface area contributed by atoms with Gasteiger partial charge in [0.1, 0.15) is 18.0 Å². The van der Waals surface area contributed by atoms with Crippen LogP contribution in [0.3, 0.4) is 0 Å². The molecule has 0 saturated heterocycles. The van der Waals surface area contributed by atoms with Gasteiger partial charge in [0.15, 0.2) is 0 Å². The highest BCUT2D eigenvalue weighted by Gasteiger charge is 2.34. The molecular weight excluding hydrogens is 286 g/mol. The molecule has 1 N–H and O–H groups in total. The minimum absolute atomic E-state index is 0.277. The van der Waals surface area contributed by atoms with Crippen LogP contribution in [0.25, 0.3) is 11.3 Å². The topological polar surface area (TPSA) is 37.8 Å². The average Bonchev–Trinajstić information content (AvgIpc) is 2.40. The molecule has 3 nitrogen and oxygen atoms in total. The second-order valence-electron chi connectivity index (χ2n) is 4.42. The van der Waals surface area contributed by atoms with E-state index in [2.05, 4.69) is 15.3 Å². The second kappa shape index (κ2) is 5.67. The van der Waals surface area contributed by atoms with Crippen LogP contribution in [0, 0.1) is 12.7 Å². The summed E-state index contributed by atoms with van der Waals surface area (Å²) in [5.41, 5.74) is 0.0384. The Morgan fingerprint density at radius 1 is 1.19 bits per heavy atom. The van der Waals surface area contributed by atoms with Crippen LogP contribution in [0.1, 0.15) is 18.1 Å². The third-order valence-electron chi connectivity index (χ3n) is 2.98. The van der Waals surface area contributed by atoms with Crippen LogP contribution in [-0.4, -0.2) is 16.5 Å². The highest BCUT2D eigenvalue weighted by atomic mass is 19.4. The predicted octanol–water partition coefficient (Wildman–Crippen LogP) is 4.04. The summed E-state index contributed by atoms with van der Waals surface area (Å²) in [5.74, 6) is -0.745. The van der Waals surface area contributed by atoms with Crippen molar-refractivity contribution in [2.24, 2.45) is 0 Å². The average molecular weight is 299 g/mol. The lowest BCUT2D eigenvalue weighted by molar-refractivity contribution is -0.139. The molecular formula is C14H13F4N3. The second-order valence-corrected chi connectivity index (χ2v) is 4.42. The van der Waals surface area contributed by atoms with E-state index >= 15 is 0 Å². The molecule has 0 fully saturated rings. The molecule has 0 aliphatic carbocycles. The molecule has 0 atom stereocenters. The number of aromatic nitrogens is 2. The van der Waals surface area contributed by atoms with Crippen molar-refractivity contribution < 1.29 is 17.6 Å². The molecule has 2 rings (SSSR count). The molecule has 0 saturated carbocycles. The lowest BCUT2D eigenvalue weighted by atomic mass is 10.0. The van der Waals surface area contributed by atoms with E-state index in [0.717, 1.165) is 12.1 Å². The van der Waals surface area contributed by atoms with Crippen LogP contribution < -0.4 is 5.32 Å². The first kappa shape index (κ1) is 15.2. The number of anilines is 1.